The molecule has 1 saturated heterocycles. The Morgan fingerprint density at radius 3 is 2.65 bits per heavy atom. The summed E-state index contributed by atoms with van der Waals surface area (Å²) in [5.41, 5.74) is 0. The Labute approximate surface area is 120 Å². The molecule has 1 aromatic carbocycles. The minimum Gasteiger partial charge on any atom is -0.389 e. The first-order valence-corrected chi connectivity index (χ1v) is 8.48. The molecular weight excluding hydrogens is 278 g/mol. The molecule has 0 bridgehead atoms. The van der Waals surface area contributed by atoms with Crippen LogP contribution in [0.25, 0.3) is 0 Å². The van der Waals surface area contributed by atoms with Crippen molar-refractivity contribution in [1.82, 2.24) is 4.90 Å². The van der Waals surface area contributed by atoms with Gasteiger partial charge in [-0.2, -0.15) is 0 Å². The summed E-state index contributed by atoms with van der Waals surface area (Å²) >= 11 is 0. The van der Waals surface area contributed by atoms with Crippen LogP contribution in [0.5, 0.6) is 0 Å². The molecule has 1 heterocycles. The number of hydrogen-bond donors (Lipinski definition) is 1. The molecule has 2 unspecified atom stereocenters. The van der Waals surface area contributed by atoms with Crippen molar-refractivity contribution in [2.45, 2.75) is 24.0 Å². The van der Waals surface area contributed by atoms with E-state index in [2.05, 4.69) is 0 Å². The summed E-state index contributed by atoms with van der Waals surface area (Å²) < 4.78 is 29.7. The van der Waals surface area contributed by atoms with Gasteiger partial charge in [0.25, 0.3) is 0 Å². The average molecular weight is 299 g/mol. The molecule has 1 aliphatic rings. The zero-order chi connectivity index (χ0) is 14.6. The molecule has 0 aromatic heterocycles. The normalized spacial score (nSPS) is 24.1. The topological polar surface area (TPSA) is 66.8 Å². The van der Waals surface area contributed by atoms with Gasteiger partial charge in [-0.15, -0.1) is 0 Å². The molecule has 0 amide bonds. The van der Waals surface area contributed by atoms with Gasteiger partial charge in [0.05, 0.1) is 22.9 Å². The molecular formula is C14H21NO4S. The van der Waals surface area contributed by atoms with Gasteiger partial charge >= 0.3 is 0 Å². The fraction of sp³-hybridized carbons (Fsp3) is 0.571. The summed E-state index contributed by atoms with van der Waals surface area (Å²) in [4.78, 5) is 2.28. The number of aliphatic hydroxyl groups excluding tert-OH is 1. The standard InChI is InChI=1S/C14H21NO4S/c1-2-19-14-11-15(10-13(14)16)8-9-20(17,18)12-6-4-3-5-7-12/h3-7,13-14,16H,2,8-11H2,1H3. The van der Waals surface area contributed by atoms with Gasteiger partial charge < -0.3 is 9.84 Å². The van der Waals surface area contributed by atoms with Crippen molar-refractivity contribution in [2.24, 2.45) is 0 Å². The number of β-amino-alcohol motifs (C(OH)–C–C–N with tert-alkyl or cyclic N) is 1. The zero-order valence-corrected chi connectivity index (χ0v) is 12.4. The van der Waals surface area contributed by atoms with Crippen LogP contribution in [-0.2, 0) is 14.6 Å². The fourth-order valence-electron chi connectivity index (χ4n) is 2.39. The molecule has 0 aliphatic carbocycles. The highest BCUT2D eigenvalue weighted by atomic mass is 32.2. The largest absolute Gasteiger partial charge is 0.389 e. The summed E-state index contributed by atoms with van der Waals surface area (Å²) in [5.74, 6) is 0.0581. The van der Waals surface area contributed by atoms with Crippen LogP contribution in [0.2, 0.25) is 0 Å². The highest BCUT2D eigenvalue weighted by molar-refractivity contribution is 7.91. The predicted octanol–water partition coefficient (Wildman–Crippen LogP) is 0.542. The van der Waals surface area contributed by atoms with Gasteiger partial charge in [-0.25, -0.2) is 8.42 Å². The summed E-state index contributed by atoms with van der Waals surface area (Å²) in [6, 6.07) is 8.45. The van der Waals surface area contributed by atoms with E-state index in [0.717, 1.165) is 0 Å². The third-order valence-corrected chi connectivity index (χ3v) is 5.18. The molecule has 112 valence electrons. The van der Waals surface area contributed by atoms with Gasteiger partial charge in [-0.3, -0.25) is 4.90 Å². The lowest BCUT2D eigenvalue weighted by atomic mass is 10.3. The van der Waals surface area contributed by atoms with E-state index < -0.39 is 15.9 Å². The lowest BCUT2D eigenvalue weighted by Gasteiger charge is -2.15. The van der Waals surface area contributed by atoms with E-state index in [0.29, 0.717) is 31.1 Å². The van der Waals surface area contributed by atoms with Crippen molar-refractivity contribution in [3.8, 4) is 0 Å². The summed E-state index contributed by atoms with van der Waals surface area (Å²) in [6.45, 7) is 3.90. The minimum atomic E-state index is -3.26. The van der Waals surface area contributed by atoms with E-state index in [1.807, 2.05) is 11.8 Å². The summed E-state index contributed by atoms with van der Waals surface area (Å²) in [7, 11) is -3.26. The molecule has 20 heavy (non-hydrogen) atoms. The molecule has 0 radical (unpaired) electrons. The lowest BCUT2D eigenvalue weighted by molar-refractivity contribution is -0.00239. The summed E-state index contributed by atoms with van der Waals surface area (Å²) in [6.07, 6.45) is -0.742. The molecule has 0 saturated carbocycles. The van der Waals surface area contributed by atoms with E-state index in [-0.39, 0.29) is 11.9 Å². The molecule has 1 N–H and O–H groups in total. The number of benzene rings is 1. The maximum atomic E-state index is 12.2. The second-order valence-corrected chi connectivity index (χ2v) is 7.06. The molecule has 1 aromatic rings. The molecule has 2 rings (SSSR count). The first-order valence-electron chi connectivity index (χ1n) is 6.83. The number of likely N-dealkylation sites (tertiary alicyclic amines) is 1. The van der Waals surface area contributed by atoms with Crippen molar-refractivity contribution in [3.63, 3.8) is 0 Å². The predicted molar refractivity (Wildman–Crippen MR) is 76.4 cm³/mol. The smallest absolute Gasteiger partial charge is 0.179 e. The van der Waals surface area contributed by atoms with Crippen molar-refractivity contribution in [2.75, 3.05) is 32.0 Å². The third kappa shape index (κ3) is 3.79. The fourth-order valence-corrected chi connectivity index (χ4v) is 3.69. The monoisotopic (exact) mass is 299 g/mol. The maximum absolute atomic E-state index is 12.2. The van der Waals surface area contributed by atoms with Gasteiger partial charge in [0.15, 0.2) is 9.84 Å². The number of rotatable bonds is 6. The Kier molecular flexibility index (Phi) is 5.15. The lowest BCUT2D eigenvalue weighted by Crippen LogP contribution is -2.29. The molecule has 0 spiro atoms. The molecule has 5 nitrogen and oxygen atoms in total. The van der Waals surface area contributed by atoms with E-state index >= 15 is 0 Å². The first-order chi connectivity index (χ1) is 9.53. The molecule has 1 aliphatic heterocycles. The van der Waals surface area contributed by atoms with Crippen LogP contribution in [0.4, 0.5) is 0 Å². The van der Waals surface area contributed by atoms with Crippen LogP contribution in [0, 0.1) is 0 Å². The second kappa shape index (κ2) is 6.67. The van der Waals surface area contributed by atoms with E-state index in [4.69, 9.17) is 4.74 Å². The van der Waals surface area contributed by atoms with Crippen LogP contribution in [0.15, 0.2) is 35.2 Å². The highest BCUT2D eigenvalue weighted by Crippen LogP contribution is 2.15. The molecule has 1 fully saturated rings. The van der Waals surface area contributed by atoms with E-state index in [1.165, 1.54) is 0 Å². The van der Waals surface area contributed by atoms with Gasteiger partial charge in [-0.1, -0.05) is 18.2 Å². The molecule has 6 heteroatoms. The van der Waals surface area contributed by atoms with E-state index in [1.54, 1.807) is 30.3 Å². The van der Waals surface area contributed by atoms with Crippen LogP contribution in [0.1, 0.15) is 6.92 Å². The van der Waals surface area contributed by atoms with Crippen LogP contribution in [0.3, 0.4) is 0 Å². The number of nitrogens with zero attached hydrogens (tertiary/aromatic N) is 1. The summed E-state index contributed by atoms with van der Waals surface area (Å²) in [5, 5.41) is 9.82. The zero-order valence-electron chi connectivity index (χ0n) is 11.6. The van der Waals surface area contributed by atoms with Crippen molar-refractivity contribution >= 4 is 9.84 Å². The first kappa shape index (κ1) is 15.4. The minimum absolute atomic E-state index is 0.0581. The van der Waals surface area contributed by atoms with Crippen molar-refractivity contribution < 1.29 is 18.3 Å². The number of ether oxygens (including phenoxy) is 1. The average Bonchev–Trinajstić information content (AvgIpc) is 2.79. The number of aliphatic hydroxyl groups is 1. The van der Waals surface area contributed by atoms with Crippen LogP contribution >= 0.6 is 0 Å². The van der Waals surface area contributed by atoms with Crippen molar-refractivity contribution in [3.05, 3.63) is 30.3 Å². The number of sulfone groups is 1. The highest BCUT2D eigenvalue weighted by Gasteiger charge is 2.32. The molecule has 2 atom stereocenters. The van der Waals surface area contributed by atoms with Gasteiger partial charge in [-0.05, 0) is 19.1 Å². The Balaban J connectivity index is 1.90. The van der Waals surface area contributed by atoms with Gasteiger partial charge in [0.2, 0.25) is 0 Å². The van der Waals surface area contributed by atoms with E-state index in [9.17, 15) is 13.5 Å². The van der Waals surface area contributed by atoms with Crippen LogP contribution in [-0.4, -0.2) is 62.6 Å². The quantitative estimate of drug-likeness (QED) is 0.830. The Hall–Kier alpha value is -0.950. The number of hydrogen-bond acceptors (Lipinski definition) is 5. The Morgan fingerprint density at radius 1 is 1.30 bits per heavy atom. The Morgan fingerprint density at radius 2 is 2.00 bits per heavy atom. The SMILES string of the molecule is CCOC1CN(CCS(=O)(=O)c2ccccc2)CC1O. The third-order valence-electron chi connectivity index (χ3n) is 3.47. The Bertz CT molecular complexity index is 517. The maximum Gasteiger partial charge on any atom is 0.179 e. The second-order valence-electron chi connectivity index (χ2n) is 4.95. The van der Waals surface area contributed by atoms with Gasteiger partial charge in [0, 0.05) is 26.2 Å². The van der Waals surface area contributed by atoms with Gasteiger partial charge in [0.1, 0.15) is 0 Å². The van der Waals surface area contributed by atoms with Crippen molar-refractivity contribution in [1.29, 1.82) is 0 Å². The van der Waals surface area contributed by atoms with Crippen LogP contribution < -0.4 is 0 Å².